The maximum absolute atomic E-state index is 9.65. The Morgan fingerprint density at radius 3 is 2.90 bits per heavy atom. The normalized spacial score (nSPS) is 37.5. The average molecular weight is 293 g/mol. The monoisotopic (exact) mass is 293 g/mol. The molecule has 1 aliphatic carbocycles. The van der Waals surface area contributed by atoms with Crippen molar-refractivity contribution in [3.63, 3.8) is 0 Å². The summed E-state index contributed by atoms with van der Waals surface area (Å²) in [5, 5.41) is 13.1. The second kappa shape index (κ2) is 7.58. The van der Waals surface area contributed by atoms with Crippen LogP contribution in [0.25, 0.3) is 0 Å². The molecule has 2 aliphatic rings. The summed E-state index contributed by atoms with van der Waals surface area (Å²) >= 11 is 0. The summed E-state index contributed by atoms with van der Waals surface area (Å²) in [7, 11) is 0. The van der Waals surface area contributed by atoms with Crippen molar-refractivity contribution < 1.29 is 4.74 Å². The van der Waals surface area contributed by atoms with Gasteiger partial charge in [-0.25, -0.2) is 0 Å². The lowest BCUT2D eigenvalue weighted by molar-refractivity contribution is -0.0576. The third-order valence-corrected chi connectivity index (χ3v) is 5.33. The van der Waals surface area contributed by atoms with Gasteiger partial charge in [-0.05, 0) is 51.6 Å². The lowest BCUT2D eigenvalue weighted by atomic mass is 9.85. The molecule has 4 atom stereocenters. The fourth-order valence-corrected chi connectivity index (χ4v) is 4.09. The minimum atomic E-state index is -0.269. The first-order valence-corrected chi connectivity index (χ1v) is 8.67. The minimum absolute atomic E-state index is 0.269. The quantitative estimate of drug-likeness (QED) is 0.817. The Balaban J connectivity index is 1.93. The predicted octanol–water partition coefficient (Wildman–Crippen LogP) is 2.55. The Labute approximate surface area is 129 Å². The summed E-state index contributed by atoms with van der Waals surface area (Å²) < 4.78 is 5.78. The molecule has 4 nitrogen and oxygen atoms in total. The molecule has 1 aliphatic heterocycles. The molecular formula is C17H31N3O. The molecule has 1 heterocycles. The fourth-order valence-electron chi connectivity index (χ4n) is 4.09. The zero-order chi connectivity index (χ0) is 15.3. The van der Waals surface area contributed by atoms with E-state index in [1.54, 1.807) is 0 Å². The van der Waals surface area contributed by atoms with Crippen molar-refractivity contribution >= 4 is 0 Å². The summed E-state index contributed by atoms with van der Waals surface area (Å²) in [5.74, 6) is 0.498. The van der Waals surface area contributed by atoms with E-state index >= 15 is 0 Å². The Morgan fingerprint density at radius 1 is 1.43 bits per heavy atom. The molecule has 2 rings (SSSR count). The molecule has 0 radical (unpaired) electrons. The maximum atomic E-state index is 9.65. The van der Waals surface area contributed by atoms with Crippen LogP contribution in [0, 0.1) is 17.2 Å². The van der Waals surface area contributed by atoms with E-state index in [9.17, 15) is 5.26 Å². The highest BCUT2D eigenvalue weighted by atomic mass is 16.5. The van der Waals surface area contributed by atoms with E-state index in [1.165, 1.54) is 12.8 Å². The van der Waals surface area contributed by atoms with Gasteiger partial charge < -0.3 is 4.74 Å². The molecule has 0 aromatic rings. The second-order valence-corrected chi connectivity index (χ2v) is 6.69. The summed E-state index contributed by atoms with van der Waals surface area (Å²) in [6.07, 6.45) is 6.00. The van der Waals surface area contributed by atoms with Crippen molar-refractivity contribution in [2.75, 3.05) is 26.2 Å². The van der Waals surface area contributed by atoms with Gasteiger partial charge in [-0.1, -0.05) is 20.3 Å². The smallest absolute Gasteiger partial charge is 0.109 e. The van der Waals surface area contributed by atoms with Gasteiger partial charge >= 0.3 is 0 Å². The Morgan fingerprint density at radius 2 is 2.24 bits per heavy atom. The molecule has 120 valence electrons. The van der Waals surface area contributed by atoms with Gasteiger partial charge in [0.2, 0.25) is 0 Å². The van der Waals surface area contributed by atoms with Crippen LogP contribution in [0.5, 0.6) is 0 Å². The molecule has 0 aromatic heterocycles. The fraction of sp³-hybridized carbons (Fsp3) is 0.941. The lowest BCUT2D eigenvalue weighted by Gasteiger charge is -2.39. The van der Waals surface area contributed by atoms with Gasteiger partial charge in [0.1, 0.15) is 5.54 Å². The number of hydrogen-bond donors (Lipinski definition) is 1. The summed E-state index contributed by atoms with van der Waals surface area (Å²) in [4.78, 5) is 2.58. The van der Waals surface area contributed by atoms with Crippen LogP contribution < -0.4 is 5.32 Å². The van der Waals surface area contributed by atoms with Crippen molar-refractivity contribution in [1.82, 2.24) is 10.2 Å². The molecule has 0 aromatic carbocycles. The van der Waals surface area contributed by atoms with Crippen molar-refractivity contribution in [2.45, 2.75) is 70.6 Å². The number of nitrogens with one attached hydrogen (secondary N) is 1. The zero-order valence-corrected chi connectivity index (χ0v) is 13.9. The number of rotatable bonds is 6. The third kappa shape index (κ3) is 3.77. The number of nitrogens with zero attached hydrogens (tertiary/aromatic N) is 2. The van der Waals surface area contributed by atoms with Crippen LogP contribution in [0.4, 0.5) is 0 Å². The van der Waals surface area contributed by atoms with Gasteiger partial charge in [-0.15, -0.1) is 0 Å². The van der Waals surface area contributed by atoms with Crippen molar-refractivity contribution in [3.8, 4) is 6.07 Å². The van der Waals surface area contributed by atoms with E-state index in [0.29, 0.717) is 18.1 Å². The first-order chi connectivity index (χ1) is 10.1. The van der Waals surface area contributed by atoms with E-state index < -0.39 is 0 Å². The zero-order valence-electron chi connectivity index (χ0n) is 13.9. The Bertz CT molecular complexity index is 368. The molecule has 2 fully saturated rings. The molecule has 0 bridgehead atoms. The van der Waals surface area contributed by atoms with Gasteiger partial charge in [0, 0.05) is 12.6 Å². The highest BCUT2D eigenvalue weighted by Crippen LogP contribution is 2.37. The number of ether oxygens (including phenoxy) is 1. The van der Waals surface area contributed by atoms with Crippen molar-refractivity contribution in [2.24, 2.45) is 5.92 Å². The van der Waals surface area contributed by atoms with E-state index in [-0.39, 0.29) is 5.54 Å². The van der Waals surface area contributed by atoms with Crippen molar-refractivity contribution in [1.29, 1.82) is 5.26 Å². The van der Waals surface area contributed by atoms with Gasteiger partial charge in [0.15, 0.2) is 0 Å². The summed E-state index contributed by atoms with van der Waals surface area (Å²) in [5.41, 5.74) is -0.269. The van der Waals surface area contributed by atoms with Gasteiger partial charge in [0.25, 0.3) is 0 Å². The van der Waals surface area contributed by atoms with Crippen LogP contribution in [0.3, 0.4) is 0 Å². The van der Waals surface area contributed by atoms with E-state index in [2.05, 4.69) is 37.1 Å². The summed E-state index contributed by atoms with van der Waals surface area (Å²) in [6, 6.07) is 3.15. The van der Waals surface area contributed by atoms with Gasteiger partial charge in [0.05, 0.1) is 18.8 Å². The molecule has 4 heteroatoms. The molecule has 4 unspecified atom stereocenters. The van der Waals surface area contributed by atoms with Crippen LogP contribution in [-0.2, 0) is 4.74 Å². The van der Waals surface area contributed by atoms with Crippen LogP contribution in [0.2, 0.25) is 0 Å². The Kier molecular flexibility index (Phi) is 6.04. The predicted molar refractivity (Wildman–Crippen MR) is 85.0 cm³/mol. The number of nitriles is 1. The van der Waals surface area contributed by atoms with Crippen LogP contribution in [0.15, 0.2) is 0 Å². The average Bonchev–Trinajstić information content (AvgIpc) is 2.89. The lowest BCUT2D eigenvalue weighted by Crippen LogP contribution is -2.51. The minimum Gasteiger partial charge on any atom is -0.376 e. The summed E-state index contributed by atoms with van der Waals surface area (Å²) in [6.45, 7) is 10.4. The van der Waals surface area contributed by atoms with E-state index in [1.807, 2.05) is 0 Å². The third-order valence-electron chi connectivity index (χ3n) is 5.33. The van der Waals surface area contributed by atoms with E-state index in [4.69, 9.17) is 4.74 Å². The highest BCUT2D eigenvalue weighted by molar-refractivity contribution is 5.14. The van der Waals surface area contributed by atoms with Gasteiger partial charge in [-0.2, -0.15) is 5.26 Å². The number of morpholine rings is 1. The molecule has 0 amide bonds. The van der Waals surface area contributed by atoms with Crippen LogP contribution in [-0.4, -0.2) is 48.8 Å². The first kappa shape index (κ1) is 16.7. The molecular weight excluding hydrogens is 262 g/mol. The molecule has 1 saturated carbocycles. The highest BCUT2D eigenvalue weighted by Gasteiger charge is 2.42. The maximum Gasteiger partial charge on any atom is 0.109 e. The SMILES string of the molecule is CCNC1(C#N)CCCC1CCN1CC(C)OCC1CC. The molecule has 1 N–H and O–H groups in total. The first-order valence-electron chi connectivity index (χ1n) is 8.67. The topological polar surface area (TPSA) is 48.3 Å². The van der Waals surface area contributed by atoms with Gasteiger partial charge in [-0.3, -0.25) is 10.2 Å². The van der Waals surface area contributed by atoms with Crippen molar-refractivity contribution in [3.05, 3.63) is 0 Å². The standard InChI is InChI=1S/C17H31N3O/c1-4-16-12-21-14(3)11-20(16)10-8-15-7-6-9-17(15,13-18)19-5-2/h14-16,19H,4-12H2,1-3H3. The molecule has 0 spiro atoms. The van der Waals surface area contributed by atoms with Crippen LogP contribution in [0.1, 0.15) is 52.9 Å². The largest absolute Gasteiger partial charge is 0.376 e. The Hall–Kier alpha value is -0.630. The second-order valence-electron chi connectivity index (χ2n) is 6.69. The number of hydrogen-bond acceptors (Lipinski definition) is 4. The van der Waals surface area contributed by atoms with Crippen LogP contribution >= 0.6 is 0 Å². The van der Waals surface area contributed by atoms with E-state index in [0.717, 1.165) is 45.5 Å². The molecule has 1 saturated heterocycles. The molecule has 21 heavy (non-hydrogen) atoms.